The quantitative estimate of drug-likeness (QED) is 0.719. The molecule has 0 bridgehead atoms. The summed E-state index contributed by atoms with van der Waals surface area (Å²) in [5, 5.41) is 2.97. The van der Waals surface area contributed by atoms with Gasteiger partial charge in [-0.3, -0.25) is 4.79 Å². The van der Waals surface area contributed by atoms with Crippen LogP contribution in [0.2, 0.25) is 0 Å². The van der Waals surface area contributed by atoms with E-state index < -0.39 is 5.95 Å². The molecule has 0 radical (unpaired) electrons. The first-order valence-corrected chi connectivity index (χ1v) is 8.78. The summed E-state index contributed by atoms with van der Waals surface area (Å²) in [6.07, 6.45) is 1.28. The van der Waals surface area contributed by atoms with Crippen LogP contribution in [0.3, 0.4) is 0 Å². The number of hydrogen-bond acceptors (Lipinski definition) is 4. The van der Waals surface area contributed by atoms with Gasteiger partial charge in [0.1, 0.15) is 0 Å². The maximum Gasteiger partial charge on any atom is 0.251 e. The fourth-order valence-electron chi connectivity index (χ4n) is 2.66. The third-order valence-corrected chi connectivity index (χ3v) is 3.87. The molecule has 2 rings (SSSR count). The van der Waals surface area contributed by atoms with Gasteiger partial charge in [-0.15, -0.1) is 0 Å². The summed E-state index contributed by atoms with van der Waals surface area (Å²) in [6.45, 7) is 8.89. The number of ether oxygens (including phenoxy) is 2. The molecule has 1 heterocycles. The van der Waals surface area contributed by atoms with Gasteiger partial charge in [0, 0.05) is 17.8 Å². The average molecular weight is 360 g/mol. The van der Waals surface area contributed by atoms with Crippen molar-refractivity contribution >= 4 is 5.91 Å². The molecule has 1 N–H and O–H groups in total. The Balaban J connectivity index is 2.28. The number of carbonyl (C=O) groups is 1. The highest BCUT2D eigenvalue weighted by molar-refractivity contribution is 5.94. The lowest BCUT2D eigenvalue weighted by molar-refractivity contribution is 0.0924. The number of halogens is 1. The van der Waals surface area contributed by atoms with Gasteiger partial charge in [-0.25, -0.2) is 4.98 Å². The summed E-state index contributed by atoms with van der Waals surface area (Å²) in [5.74, 6) is 0.401. The summed E-state index contributed by atoms with van der Waals surface area (Å²) < 4.78 is 24.5. The number of nitrogens with one attached hydrogen (secondary N) is 1. The smallest absolute Gasteiger partial charge is 0.251 e. The van der Waals surface area contributed by atoms with Crippen LogP contribution in [0.5, 0.6) is 11.5 Å². The van der Waals surface area contributed by atoms with Crippen molar-refractivity contribution in [1.29, 1.82) is 0 Å². The van der Waals surface area contributed by atoms with Crippen molar-refractivity contribution in [3.8, 4) is 11.5 Å². The Labute approximate surface area is 153 Å². The number of pyridine rings is 1. The van der Waals surface area contributed by atoms with Gasteiger partial charge in [0.2, 0.25) is 5.95 Å². The maximum atomic E-state index is 13.3. The third-order valence-electron chi connectivity index (χ3n) is 3.87. The summed E-state index contributed by atoms with van der Waals surface area (Å²) in [4.78, 5) is 16.0. The van der Waals surface area contributed by atoms with Crippen molar-refractivity contribution in [2.75, 3.05) is 13.2 Å². The molecule has 0 aliphatic carbocycles. The lowest BCUT2D eigenvalue weighted by Gasteiger charge is -2.24. The SMILES string of the molecule is CCOc1ccc(C(NC(=O)c2ccnc(F)c2)C(C)C)cc1OCC. The van der Waals surface area contributed by atoms with Crippen LogP contribution in [0.15, 0.2) is 36.5 Å². The number of nitrogens with zero attached hydrogens (tertiary/aromatic N) is 1. The van der Waals surface area contributed by atoms with Crippen LogP contribution in [0.4, 0.5) is 4.39 Å². The largest absolute Gasteiger partial charge is 0.490 e. The van der Waals surface area contributed by atoms with Gasteiger partial charge in [0.05, 0.1) is 19.3 Å². The summed E-state index contributed by atoms with van der Waals surface area (Å²) in [7, 11) is 0. The molecular weight excluding hydrogens is 335 g/mol. The van der Waals surface area contributed by atoms with Crippen molar-refractivity contribution in [2.45, 2.75) is 33.7 Å². The van der Waals surface area contributed by atoms with Crippen molar-refractivity contribution < 1.29 is 18.7 Å². The molecular formula is C20H25FN2O3. The van der Waals surface area contributed by atoms with Gasteiger partial charge in [0.15, 0.2) is 11.5 Å². The van der Waals surface area contributed by atoms with E-state index in [1.54, 1.807) is 0 Å². The molecule has 140 valence electrons. The second kappa shape index (κ2) is 9.17. The van der Waals surface area contributed by atoms with E-state index in [9.17, 15) is 9.18 Å². The van der Waals surface area contributed by atoms with E-state index in [1.807, 2.05) is 45.9 Å². The molecule has 1 aromatic carbocycles. The molecule has 0 spiro atoms. The van der Waals surface area contributed by atoms with Crippen LogP contribution in [0.1, 0.15) is 49.7 Å². The first-order chi connectivity index (χ1) is 12.5. The minimum absolute atomic E-state index is 0.123. The van der Waals surface area contributed by atoms with Gasteiger partial charge >= 0.3 is 0 Å². The molecule has 0 saturated heterocycles. The molecule has 6 heteroatoms. The van der Waals surface area contributed by atoms with Crippen LogP contribution in [0, 0.1) is 11.9 Å². The van der Waals surface area contributed by atoms with Crippen LogP contribution < -0.4 is 14.8 Å². The van der Waals surface area contributed by atoms with E-state index in [-0.39, 0.29) is 23.4 Å². The standard InChI is InChI=1S/C20H25FN2O3/c1-5-25-16-8-7-14(11-17(16)26-6-2)19(13(3)4)23-20(24)15-9-10-22-18(21)12-15/h7-13,19H,5-6H2,1-4H3,(H,23,24). The highest BCUT2D eigenvalue weighted by atomic mass is 19.1. The molecule has 5 nitrogen and oxygen atoms in total. The number of aromatic nitrogens is 1. The third kappa shape index (κ3) is 4.94. The highest BCUT2D eigenvalue weighted by Crippen LogP contribution is 2.33. The van der Waals surface area contributed by atoms with Crippen LogP contribution in [0.25, 0.3) is 0 Å². The Morgan fingerprint density at radius 2 is 1.81 bits per heavy atom. The van der Waals surface area contributed by atoms with Crippen molar-refractivity contribution in [2.24, 2.45) is 5.92 Å². The maximum absolute atomic E-state index is 13.3. The van der Waals surface area contributed by atoms with E-state index in [0.29, 0.717) is 24.7 Å². The molecule has 0 fully saturated rings. The Kier molecular flexibility index (Phi) is 6.95. The van der Waals surface area contributed by atoms with E-state index >= 15 is 0 Å². The van der Waals surface area contributed by atoms with Crippen molar-refractivity contribution in [1.82, 2.24) is 10.3 Å². The zero-order chi connectivity index (χ0) is 19.1. The molecule has 26 heavy (non-hydrogen) atoms. The molecule has 1 amide bonds. The molecule has 1 atom stereocenters. The van der Waals surface area contributed by atoms with Gasteiger partial charge in [-0.1, -0.05) is 19.9 Å². The molecule has 2 aromatic rings. The average Bonchev–Trinajstić information content (AvgIpc) is 2.61. The number of benzene rings is 1. The first kappa shape index (κ1) is 19.7. The second-order valence-electron chi connectivity index (χ2n) is 6.13. The number of hydrogen-bond donors (Lipinski definition) is 1. The summed E-state index contributed by atoms with van der Waals surface area (Å²) in [5.41, 5.74) is 1.13. The molecule has 0 saturated carbocycles. The number of amides is 1. The molecule has 1 aromatic heterocycles. The van der Waals surface area contributed by atoms with Gasteiger partial charge in [-0.2, -0.15) is 4.39 Å². The summed E-state index contributed by atoms with van der Waals surface area (Å²) in [6, 6.07) is 7.99. The van der Waals surface area contributed by atoms with Gasteiger partial charge < -0.3 is 14.8 Å². The van der Waals surface area contributed by atoms with E-state index in [2.05, 4.69) is 10.3 Å². The minimum atomic E-state index is -0.682. The normalized spacial score (nSPS) is 11.9. The Morgan fingerprint density at radius 1 is 1.12 bits per heavy atom. The monoisotopic (exact) mass is 360 g/mol. The predicted molar refractivity (Wildman–Crippen MR) is 98.0 cm³/mol. The second-order valence-corrected chi connectivity index (χ2v) is 6.13. The van der Waals surface area contributed by atoms with Gasteiger partial charge in [-0.05, 0) is 43.5 Å². The highest BCUT2D eigenvalue weighted by Gasteiger charge is 2.21. The zero-order valence-corrected chi connectivity index (χ0v) is 15.6. The fraction of sp³-hybridized carbons (Fsp3) is 0.400. The van der Waals surface area contributed by atoms with E-state index in [1.165, 1.54) is 12.3 Å². The predicted octanol–water partition coefficient (Wildman–Crippen LogP) is 4.15. The first-order valence-electron chi connectivity index (χ1n) is 8.78. The van der Waals surface area contributed by atoms with E-state index in [4.69, 9.17) is 9.47 Å². The van der Waals surface area contributed by atoms with E-state index in [0.717, 1.165) is 11.6 Å². The lowest BCUT2D eigenvalue weighted by Crippen LogP contribution is -2.31. The molecule has 0 aliphatic heterocycles. The minimum Gasteiger partial charge on any atom is -0.490 e. The fourth-order valence-corrected chi connectivity index (χ4v) is 2.66. The Morgan fingerprint density at radius 3 is 2.42 bits per heavy atom. The lowest BCUT2D eigenvalue weighted by atomic mass is 9.95. The van der Waals surface area contributed by atoms with Crippen molar-refractivity contribution in [3.05, 3.63) is 53.6 Å². The van der Waals surface area contributed by atoms with Crippen molar-refractivity contribution in [3.63, 3.8) is 0 Å². The van der Waals surface area contributed by atoms with Crippen LogP contribution >= 0.6 is 0 Å². The Bertz CT molecular complexity index is 750. The topological polar surface area (TPSA) is 60.5 Å². The number of carbonyl (C=O) groups excluding carboxylic acids is 1. The Hall–Kier alpha value is -2.63. The summed E-state index contributed by atoms with van der Waals surface area (Å²) >= 11 is 0. The van der Waals surface area contributed by atoms with Gasteiger partial charge in [0.25, 0.3) is 5.91 Å². The number of rotatable bonds is 8. The molecule has 1 unspecified atom stereocenters. The van der Waals surface area contributed by atoms with Crippen LogP contribution in [-0.4, -0.2) is 24.1 Å². The molecule has 0 aliphatic rings. The zero-order valence-electron chi connectivity index (χ0n) is 15.6. The van der Waals surface area contributed by atoms with Crippen LogP contribution in [-0.2, 0) is 0 Å².